The zero-order chi connectivity index (χ0) is 21.1. The maximum Gasteiger partial charge on any atom is 0.213 e. The van der Waals surface area contributed by atoms with Crippen molar-refractivity contribution in [2.45, 2.75) is 40.3 Å². The van der Waals surface area contributed by atoms with Gasteiger partial charge in [-0.3, -0.25) is 9.67 Å². The lowest BCUT2D eigenvalue weighted by Crippen LogP contribution is -2.41. The number of aliphatic imine (C=N–C) groups is 1. The number of nitrogens with one attached hydrogen (secondary N) is 3. The minimum absolute atomic E-state index is 0. The van der Waals surface area contributed by atoms with Crippen LogP contribution in [0.4, 0.5) is 0 Å². The van der Waals surface area contributed by atoms with Gasteiger partial charge in [0.05, 0.1) is 11.4 Å². The van der Waals surface area contributed by atoms with Crippen molar-refractivity contribution in [3.8, 4) is 0 Å². The molecule has 0 unspecified atom stereocenters. The number of halogens is 1. The summed E-state index contributed by atoms with van der Waals surface area (Å²) in [5.41, 5.74) is 3.09. The van der Waals surface area contributed by atoms with Crippen molar-refractivity contribution in [3.05, 3.63) is 53.3 Å². The fourth-order valence-corrected chi connectivity index (χ4v) is 3.72. The molecule has 8 nitrogen and oxygen atoms in total. The summed E-state index contributed by atoms with van der Waals surface area (Å²) in [7, 11) is -3.36. The molecule has 0 aliphatic heterocycles. The first-order valence-corrected chi connectivity index (χ1v) is 11.6. The number of benzene rings is 1. The van der Waals surface area contributed by atoms with Crippen molar-refractivity contribution in [3.63, 3.8) is 0 Å². The molecular weight excluding hydrogens is 515 g/mol. The van der Waals surface area contributed by atoms with Crippen LogP contribution in [0.3, 0.4) is 0 Å². The van der Waals surface area contributed by atoms with Gasteiger partial charge in [-0.2, -0.15) is 5.10 Å². The maximum atomic E-state index is 12.2. The summed E-state index contributed by atoms with van der Waals surface area (Å²) in [6, 6.07) is 11.5. The highest BCUT2D eigenvalue weighted by atomic mass is 127. The molecular formula is C20H33IN6O2S. The molecule has 0 saturated heterocycles. The van der Waals surface area contributed by atoms with Crippen molar-refractivity contribution < 1.29 is 8.42 Å². The highest BCUT2D eigenvalue weighted by Crippen LogP contribution is 2.02. The Morgan fingerprint density at radius 3 is 2.53 bits per heavy atom. The lowest BCUT2D eigenvalue weighted by atomic mass is 10.2. The topological polar surface area (TPSA) is 100 Å². The van der Waals surface area contributed by atoms with Crippen molar-refractivity contribution >= 4 is 40.0 Å². The molecule has 1 aromatic heterocycles. The lowest BCUT2D eigenvalue weighted by Gasteiger charge is -2.12. The summed E-state index contributed by atoms with van der Waals surface area (Å²) >= 11 is 0. The quantitative estimate of drug-likeness (QED) is 0.173. The first-order valence-electron chi connectivity index (χ1n) is 9.94. The van der Waals surface area contributed by atoms with E-state index in [4.69, 9.17) is 0 Å². The van der Waals surface area contributed by atoms with Gasteiger partial charge >= 0.3 is 0 Å². The molecule has 1 heterocycles. The van der Waals surface area contributed by atoms with Gasteiger partial charge in [-0.25, -0.2) is 13.1 Å². The van der Waals surface area contributed by atoms with Gasteiger partial charge in [-0.1, -0.05) is 30.3 Å². The van der Waals surface area contributed by atoms with Crippen molar-refractivity contribution in [1.29, 1.82) is 0 Å². The van der Waals surface area contributed by atoms with Crippen LogP contribution >= 0.6 is 24.0 Å². The number of guanidine groups is 1. The summed E-state index contributed by atoms with van der Waals surface area (Å²) in [5, 5.41) is 10.7. The Balaban J connectivity index is 0.00000450. The number of aryl methyl sites for hydroxylation is 3. The summed E-state index contributed by atoms with van der Waals surface area (Å²) in [5.74, 6) is 0.606. The molecule has 2 aromatic rings. The molecule has 3 N–H and O–H groups in total. The van der Waals surface area contributed by atoms with Crippen molar-refractivity contribution in [2.75, 3.05) is 25.4 Å². The number of hydrogen-bond acceptors (Lipinski definition) is 4. The van der Waals surface area contributed by atoms with E-state index >= 15 is 0 Å². The molecule has 1 aromatic carbocycles. The average Bonchev–Trinajstić information content (AvgIpc) is 3.01. The predicted molar refractivity (Wildman–Crippen MR) is 133 cm³/mol. The van der Waals surface area contributed by atoms with Crippen LogP contribution in [0, 0.1) is 13.8 Å². The molecule has 0 saturated carbocycles. The normalized spacial score (nSPS) is 11.8. The standard InChI is InChI=1S/C20H32N6O2S.HI/c1-4-21-20(22-11-8-13-26-18(3)15-17(2)25-26)23-12-14-29(27,28)24-16-19-9-6-5-7-10-19;/h5-7,9-10,15,24H,4,8,11-14,16H2,1-3H3,(H2,21,22,23);1H. The van der Waals surface area contributed by atoms with E-state index in [-0.39, 0.29) is 36.3 Å². The van der Waals surface area contributed by atoms with Gasteiger partial charge in [0.25, 0.3) is 0 Å². The average molecular weight is 548 g/mol. The largest absolute Gasteiger partial charge is 0.357 e. The second kappa shape index (κ2) is 13.6. The van der Waals surface area contributed by atoms with E-state index in [1.54, 1.807) is 0 Å². The van der Waals surface area contributed by atoms with Crippen molar-refractivity contribution in [2.24, 2.45) is 4.99 Å². The fraction of sp³-hybridized carbons (Fsp3) is 0.500. The molecule has 0 fully saturated rings. The van der Waals surface area contributed by atoms with Crippen molar-refractivity contribution in [1.82, 2.24) is 25.1 Å². The molecule has 10 heteroatoms. The second-order valence-corrected chi connectivity index (χ2v) is 8.74. The number of aromatic nitrogens is 2. The Bertz CT molecular complexity index is 884. The number of hydrogen-bond donors (Lipinski definition) is 3. The van der Waals surface area contributed by atoms with Crippen LogP contribution in [0.2, 0.25) is 0 Å². The van der Waals surface area contributed by atoms with Crippen LogP contribution in [-0.4, -0.2) is 49.5 Å². The van der Waals surface area contributed by atoms with Crippen LogP contribution in [0.25, 0.3) is 0 Å². The maximum absolute atomic E-state index is 12.2. The highest BCUT2D eigenvalue weighted by Gasteiger charge is 2.10. The summed E-state index contributed by atoms with van der Waals surface area (Å²) in [6.07, 6.45) is 0.857. The van der Waals surface area contributed by atoms with Gasteiger partial charge in [0, 0.05) is 38.4 Å². The lowest BCUT2D eigenvalue weighted by molar-refractivity contribution is 0.567. The molecule has 0 amide bonds. The third-order valence-electron chi connectivity index (χ3n) is 4.25. The molecule has 0 spiro atoms. The van der Waals surface area contributed by atoms with E-state index in [0.717, 1.165) is 29.9 Å². The van der Waals surface area contributed by atoms with E-state index in [9.17, 15) is 8.42 Å². The minimum atomic E-state index is -3.36. The zero-order valence-corrected chi connectivity index (χ0v) is 21.0. The van der Waals surface area contributed by atoms with Gasteiger partial charge in [0.1, 0.15) is 0 Å². The van der Waals surface area contributed by atoms with Gasteiger partial charge in [-0.15, -0.1) is 24.0 Å². The predicted octanol–water partition coefficient (Wildman–Crippen LogP) is 2.18. The van der Waals surface area contributed by atoms with E-state index in [2.05, 4.69) is 31.5 Å². The Morgan fingerprint density at radius 1 is 1.17 bits per heavy atom. The third-order valence-corrected chi connectivity index (χ3v) is 5.57. The van der Waals surface area contributed by atoms with Gasteiger partial charge < -0.3 is 10.6 Å². The van der Waals surface area contributed by atoms with Crippen LogP contribution in [0.5, 0.6) is 0 Å². The first-order chi connectivity index (χ1) is 13.9. The van der Waals surface area contributed by atoms with E-state index in [0.29, 0.717) is 25.6 Å². The second-order valence-electron chi connectivity index (χ2n) is 6.82. The first kappa shape index (κ1) is 26.4. The van der Waals surface area contributed by atoms with E-state index < -0.39 is 10.0 Å². The van der Waals surface area contributed by atoms with Gasteiger partial charge in [0.15, 0.2) is 5.96 Å². The molecule has 0 bridgehead atoms. The summed E-state index contributed by atoms with van der Waals surface area (Å²) in [4.78, 5) is 4.52. The SMILES string of the molecule is CCNC(=NCCCn1nc(C)cc1C)NCCS(=O)(=O)NCc1ccccc1.I. The Hall–Kier alpha value is -1.66. The van der Waals surface area contributed by atoms with Gasteiger partial charge in [-0.05, 0) is 38.8 Å². The molecule has 168 valence electrons. The minimum Gasteiger partial charge on any atom is -0.357 e. The van der Waals surface area contributed by atoms with Crippen LogP contribution in [-0.2, 0) is 23.1 Å². The molecule has 0 aliphatic carbocycles. The monoisotopic (exact) mass is 548 g/mol. The third kappa shape index (κ3) is 9.90. The zero-order valence-electron chi connectivity index (χ0n) is 17.9. The smallest absolute Gasteiger partial charge is 0.213 e. The number of sulfonamides is 1. The molecule has 30 heavy (non-hydrogen) atoms. The van der Waals surface area contributed by atoms with Crippen LogP contribution in [0.15, 0.2) is 41.4 Å². The van der Waals surface area contributed by atoms with Gasteiger partial charge in [0.2, 0.25) is 10.0 Å². The molecule has 0 radical (unpaired) electrons. The molecule has 2 rings (SSSR count). The summed E-state index contributed by atoms with van der Waals surface area (Å²) < 4.78 is 28.9. The summed E-state index contributed by atoms with van der Waals surface area (Å²) in [6.45, 7) is 8.73. The number of nitrogens with zero attached hydrogens (tertiary/aromatic N) is 3. The Kier molecular flexibility index (Phi) is 12.0. The molecule has 0 atom stereocenters. The Labute approximate surface area is 197 Å². The van der Waals surface area contributed by atoms with E-state index in [1.807, 2.05) is 55.8 Å². The van der Waals surface area contributed by atoms with E-state index in [1.165, 1.54) is 0 Å². The van der Waals surface area contributed by atoms with Crippen LogP contribution in [0.1, 0.15) is 30.3 Å². The number of rotatable bonds is 11. The highest BCUT2D eigenvalue weighted by molar-refractivity contribution is 14.0. The molecule has 0 aliphatic rings. The Morgan fingerprint density at radius 2 is 1.90 bits per heavy atom. The fourth-order valence-electron chi connectivity index (χ4n) is 2.82. The van der Waals surface area contributed by atoms with Crippen LogP contribution < -0.4 is 15.4 Å².